The first-order chi connectivity index (χ1) is 7.38. The maximum Gasteiger partial charge on any atom is 0.317 e. The summed E-state index contributed by atoms with van der Waals surface area (Å²) in [5.41, 5.74) is -0.713. The average Bonchev–Trinajstić information content (AvgIpc) is 2.62. The Bertz CT molecular complexity index is 229. The molecular formula is C12H23NO3. The molecule has 0 amide bonds. The fourth-order valence-corrected chi connectivity index (χ4v) is 2.25. The number of carboxylic acids is 1. The van der Waals surface area contributed by atoms with Crippen LogP contribution < -0.4 is 0 Å². The lowest BCUT2D eigenvalue weighted by Crippen LogP contribution is -2.40. The van der Waals surface area contributed by atoms with Crippen LogP contribution in [0.1, 0.15) is 46.0 Å². The number of aliphatic hydroxyl groups is 1. The Morgan fingerprint density at radius 3 is 2.38 bits per heavy atom. The van der Waals surface area contributed by atoms with Crippen molar-refractivity contribution in [2.45, 2.75) is 57.6 Å². The molecular weight excluding hydrogens is 206 g/mol. The molecule has 1 rings (SSSR count). The van der Waals surface area contributed by atoms with E-state index in [0.717, 1.165) is 12.8 Å². The highest BCUT2D eigenvalue weighted by Gasteiger charge is 2.25. The van der Waals surface area contributed by atoms with E-state index in [2.05, 4.69) is 0 Å². The van der Waals surface area contributed by atoms with E-state index in [9.17, 15) is 9.90 Å². The predicted molar refractivity (Wildman–Crippen MR) is 62.4 cm³/mol. The van der Waals surface area contributed by atoms with E-state index in [-0.39, 0.29) is 6.54 Å². The van der Waals surface area contributed by atoms with E-state index in [1.54, 1.807) is 13.8 Å². The van der Waals surface area contributed by atoms with Crippen molar-refractivity contribution < 1.29 is 15.0 Å². The average molecular weight is 229 g/mol. The number of hydrogen-bond donors (Lipinski definition) is 2. The molecule has 0 saturated heterocycles. The van der Waals surface area contributed by atoms with Crippen LogP contribution in [0.25, 0.3) is 0 Å². The fraction of sp³-hybridized carbons (Fsp3) is 0.917. The molecule has 0 atom stereocenters. The second-order valence-electron chi connectivity index (χ2n) is 5.36. The van der Waals surface area contributed by atoms with Gasteiger partial charge in [0.15, 0.2) is 0 Å². The molecule has 4 heteroatoms. The number of nitrogens with zero attached hydrogens (tertiary/aromatic N) is 1. The first kappa shape index (κ1) is 13.5. The first-order valence-electron chi connectivity index (χ1n) is 6.07. The van der Waals surface area contributed by atoms with Gasteiger partial charge in [0, 0.05) is 12.6 Å². The Morgan fingerprint density at radius 2 is 1.94 bits per heavy atom. The summed E-state index contributed by atoms with van der Waals surface area (Å²) in [5.74, 6) is -0.775. The van der Waals surface area contributed by atoms with Crippen LogP contribution in [0.5, 0.6) is 0 Å². The van der Waals surface area contributed by atoms with Gasteiger partial charge < -0.3 is 10.2 Å². The fourth-order valence-electron chi connectivity index (χ4n) is 2.25. The van der Waals surface area contributed by atoms with E-state index >= 15 is 0 Å². The second kappa shape index (κ2) is 5.64. The molecule has 0 bridgehead atoms. The molecule has 0 spiro atoms. The van der Waals surface area contributed by atoms with Crippen molar-refractivity contribution in [1.82, 2.24) is 4.90 Å². The molecule has 2 N–H and O–H groups in total. The van der Waals surface area contributed by atoms with Gasteiger partial charge in [0.25, 0.3) is 0 Å². The largest absolute Gasteiger partial charge is 0.480 e. The normalized spacial score (nSPS) is 18.2. The van der Waals surface area contributed by atoms with Crippen LogP contribution in [0.15, 0.2) is 0 Å². The molecule has 0 aromatic carbocycles. The van der Waals surface area contributed by atoms with Crippen molar-refractivity contribution >= 4 is 5.97 Å². The Morgan fingerprint density at radius 1 is 1.38 bits per heavy atom. The zero-order valence-electron chi connectivity index (χ0n) is 10.3. The molecule has 0 unspecified atom stereocenters. The van der Waals surface area contributed by atoms with Crippen LogP contribution in [0.4, 0.5) is 0 Å². The molecule has 1 saturated carbocycles. The van der Waals surface area contributed by atoms with Gasteiger partial charge in [-0.1, -0.05) is 12.8 Å². The third-order valence-corrected chi connectivity index (χ3v) is 3.19. The number of hydrogen-bond acceptors (Lipinski definition) is 3. The zero-order chi connectivity index (χ0) is 12.2. The van der Waals surface area contributed by atoms with Gasteiger partial charge in [0.05, 0.1) is 12.1 Å². The molecule has 0 aromatic heterocycles. The van der Waals surface area contributed by atoms with Gasteiger partial charge in [-0.3, -0.25) is 9.69 Å². The summed E-state index contributed by atoms with van der Waals surface area (Å²) in [6, 6.07) is 0.401. The van der Waals surface area contributed by atoms with Crippen molar-refractivity contribution in [2.24, 2.45) is 0 Å². The number of rotatable bonds is 6. The van der Waals surface area contributed by atoms with Crippen LogP contribution >= 0.6 is 0 Å². The monoisotopic (exact) mass is 229 g/mol. The lowest BCUT2D eigenvalue weighted by atomic mass is 10.0. The molecule has 1 fully saturated rings. The Balaban J connectivity index is 2.46. The second-order valence-corrected chi connectivity index (χ2v) is 5.36. The van der Waals surface area contributed by atoms with Gasteiger partial charge in [-0.05, 0) is 33.1 Å². The van der Waals surface area contributed by atoms with Gasteiger partial charge in [-0.2, -0.15) is 0 Å². The number of aliphatic carboxylic acids is 1. The lowest BCUT2D eigenvalue weighted by molar-refractivity contribution is -0.139. The van der Waals surface area contributed by atoms with Gasteiger partial charge in [0.2, 0.25) is 0 Å². The van der Waals surface area contributed by atoms with Crippen molar-refractivity contribution in [3.05, 3.63) is 0 Å². The number of carbonyl (C=O) groups is 1. The van der Waals surface area contributed by atoms with Crippen LogP contribution in [-0.2, 0) is 4.79 Å². The molecule has 16 heavy (non-hydrogen) atoms. The molecule has 94 valence electrons. The maximum absolute atomic E-state index is 10.8. The van der Waals surface area contributed by atoms with Crippen molar-refractivity contribution in [3.63, 3.8) is 0 Å². The summed E-state index contributed by atoms with van der Waals surface area (Å²) in [7, 11) is 0. The summed E-state index contributed by atoms with van der Waals surface area (Å²) in [6.45, 7) is 4.29. The van der Waals surface area contributed by atoms with Crippen molar-refractivity contribution in [3.8, 4) is 0 Å². The summed E-state index contributed by atoms with van der Waals surface area (Å²) in [5, 5.41) is 18.5. The molecule has 0 radical (unpaired) electrons. The SMILES string of the molecule is CC(C)(O)CCN(CC(=O)O)C1CCCC1. The lowest BCUT2D eigenvalue weighted by Gasteiger charge is -2.29. The Hall–Kier alpha value is -0.610. The van der Waals surface area contributed by atoms with Crippen LogP contribution in [0.2, 0.25) is 0 Å². The topological polar surface area (TPSA) is 60.8 Å². The van der Waals surface area contributed by atoms with E-state index in [0.29, 0.717) is 19.0 Å². The minimum atomic E-state index is -0.775. The third kappa shape index (κ3) is 4.94. The van der Waals surface area contributed by atoms with E-state index < -0.39 is 11.6 Å². The Labute approximate surface area is 97.3 Å². The molecule has 1 aliphatic rings. The highest BCUT2D eigenvalue weighted by atomic mass is 16.4. The zero-order valence-corrected chi connectivity index (χ0v) is 10.3. The summed E-state index contributed by atoms with van der Waals surface area (Å²) >= 11 is 0. The molecule has 0 heterocycles. The quantitative estimate of drug-likeness (QED) is 0.724. The van der Waals surface area contributed by atoms with E-state index in [1.165, 1.54) is 12.8 Å². The highest BCUT2D eigenvalue weighted by molar-refractivity contribution is 5.69. The van der Waals surface area contributed by atoms with Gasteiger partial charge in [-0.15, -0.1) is 0 Å². The first-order valence-corrected chi connectivity index (χ1v) is 6.07. The van der Waals surface area contributed by atoms with Crippen molar-refractivity contribution in [1.29, 1.82) is 0 Å². The minimum absolute atomic E-state index is 0.0980. The van der Waals surface area contributed by atoms with Gasteiger partial charge in [0.1, 0.15) is 0 Å². The Kier molecular flexibility index (Phi) is 4.74. The maximum atomic E-state index is 10.8. The van der Waals surface area contributed by atoms with Crippen LogP contribution in [-0.4, -0.2) is 45.8 Å². The van der Waals surface area contributed by atoms with E-state index in [1.807, 2.05) is 4.90 Å². The van der Waals surface area contributed by atoms with Gasteiger partial charge >= 0.3 is 5.97 Å². The third-order valence-electron chi connectivity index (χ3n) is 3.19. The summed E-state index contributed by atoms with van der Waals surface area (Å²) in [6.07, 6.45) is 5.21. The minimum Gasteiger partial charge on any atom is -0.480 e. The summed E-state index contributed by atoms with van der Waals surface area (Å²) in [4.78, 5) is 12.8. The molecule has 4 nitrogen and oxygen atoms in total. The predicted octanol–water partition coefficient (Wildman–Crippen LogP) is 1.48. The van der Waals surface area contributed by atoms with Crippen molar-refractivity contribution in [2.75, 3.05) is 13.1 Å². The van der Waals surface area contributed by atoms with E-state index in [4.69, 9.17) is 5.11 Å². The number of carboxylic acid groups (broad SMARTS) is 1. The molecule has 0 aromatic rings. The van der Waals surface area contributed by atoms with Crippen LogP contribution in [0.3, 0.4) is 0 Å². The molecule has 1 aliphatic carbocycles. The standard InChI is InChI=1S/C12H23NO3/c1-12(2,16)7-8-13(9-11(14)15)10-5-3-4-6-10/h10,16H,3-9H2,1-2H3,(H,14,15). The van der Waals surface area contributed by atoms with Crippen LogP contribution in [0, 0.1) is 0 Å². The smallest absolute Gasteiger partial charge is 0.317 e. The van der Waals surface area contributed by atoms with Gasteiger partial charge in [-0.25, -0.2) is 0 Å². The molecule has 0 aliphatic heterocycles. The highest BCUT2D eigenvalue weighted by Crippen LogP contribution is 2.24. The summed E-state index contributed by atoms with van der Waals surface area (Å²) < 4.78 is 0.